The molecule has 6 heteroatoms. The third-order valence-corrected chi connectivity index (χ3v) is 4.54. The van der Waals surface area contributed by atoms with Crippen molar-refractivity contribution in [2.75, 3.05) is 13.1 Å². The van der Waals surface area contributed by atoms with Crippen molar-refractivity contribution in [1.29, 1.82) is 0 Å². The Bertz CT molecular complexity index is 556. The fourth-order valence-electron chi connectivity index (χ4n) is 3.20. The second kappa shape index (κ2) is 5.57. The summed E-state index contributed by atoms with van der Waals surface area (Å²) in [5.74, 6) is 0.0509. The fraction of sp³-hybridized carbons (Fsp3) is 0.562. The van der Waals surface area contributed by atoms with Crippen LogP contribution in [-0.2, 0) is 11.0 Å². The topological polar surface area (TPSA) is 46.3 Å². The summed E-state index contributed by atoms with van der Waals surface area (Å²) in [6.45, 7) is 1.33. The first-order valence-electron chi connectivity index (χ1n) is 7.58. The van der Waals surface area contributed by atoms with E-state index in [1.165, 1.54) is 12.1 Å². The molecule has 2 aliphatic rings. The number of halogens is 3. The molecule has 0 radical (unpaired) electrons. The van der Waals surface area contributed by atoms with E-state index in [0.717, 1.165) is 43.5 Å². The molecule has 1 heterocycles. The number of benzene rings is 1. The largest absolute Gasteiger partial charge is 0.416 e. The normalized spacial score (nSPS) is 28.5. The number of carbonyl (C=O) groups is 1. The number of carbonyl (C=O) groups excluding carboxylic acids is 1. The Balaban J connectivity index is 1.63. The van der Waals surface area contributed by atoms with Crippen molar-refractivity contribution in [3.05, 3.63) is 35.4 Å². The molecule has 0 spiro atoms. The fourth-order valence-corrected chi connectivity index (χ4v) is 3.20. The minimum Gasteiger partial charge on any atom is -0.341 e. The average Bonchev–Trinajstić information content (AvgIpc) is 3.26. The lowest BCUT2D eigenvalue weighted by atomic mass is 10.0. The first kappa shape index (κ1) is 15.3. The summed E-state index contributed by atoms with van der Waals surface area (Å²) in [6.07, 6.45) is -1.74. The molecule has 1 saturated carbocycles. The van der Waals surface area contributed by atoms with Crippen LogP contribution in [-0.4, -0.2) is 29.9 Å². The summed E-state index contributed by atoms with van der Waals surface area (Å²) < 4.78 is 37.6. The lowest BCUT2D eigenvalue weighted by Crippen LogP contribution is -2.46. The van der Waals surface area contributed by atoms with Crippen LogP contribution in [0, 0.1) is 5.92 Å². The van der Waals surface area contributed by atoms with Crippen LogP contribution in [0.1, 0.15) is 36.3 Å². The highest BCUT2D eigenvalue weighted by molar-refractivity contribution is 5.83. The van der Waals surface area contributed by atoms with Gasteiger partial charge in [0.15, 0.2) is 0 Å². The summed E-state index contributed by atoms with van der Waals surface area (Å²) in [4.78, 5) is 14.2. The number of nitrogens with zero attached hydrogens (tertiary/aromatic N) is 1. The van der Waals surface area contributed by atoms with Gasteiger partial charge < -0.3 is 10.6 Å². The van der Waals surface area contributed by atoms with E-state index in [1.807, 2.05) is 4.90 Å². The van der Waals surface area contributed by atoms with E-state index in [4.69, 9.17) is 5.73 Å². The molecule has 2 fully saturated rings. The maximum absolute atomic E-state index is 12.5. The van der Waals surface area contributed by atoms with E-state index in [1.54, 1.807) is 0 Å². The number of piperidine rings is 1. The Labute approximate surface area is 127 Å². The first-order valence-corrected chi connectivity index (χ1v) is 7.58. The van der Waals surface area contributed by atoms with Gasteiger partial charge in [0, 0.05) is 25.0 Å². The molecule has 1 saturated heterocycles. The van der Waals surface area contributed by atoms with Crippen LogP contribution in [0.25, 0.3) is 0 Å². The van der Waals surface area contributed by atoms with Crippen molar-refractivity contribution >= 4 is 5.91 Å². The molecule has 3 nitrogen and oxygen atoms in total. The first-order chi connectivity index (χ1) is 10.4. The van der Waals surface area contributed by atoms with Gasteiger partial charge >= 0.3 is 6.18 Å². The quantitative estimate of drug-likeness (QED) is 0.913. The Morgan fingerprint density at radius 1 is 1.23 bits per heavy atom. The predicted octanol–water partition coefficient (Wildman–Crippen LogP) is 2.76. The van der Waals surface area contributed by atoms with Crippen molar-refractivity contribution < 1.29 is 18.0 Å². The van der Waals surface area contributed by atoms with Gasteiger partial charge in [0.05, 0.1) is 5.56 Å². The van der Waals surface area contributed by atoms with Crippen LogP contribution in [0.15, 0.2) is 24.3 Å². The monoisotopic (exact) mass is 312 g/mol. The molecule has 2 N–H and O–H groups in total. The minimum absolute atomic E-state index is 0.0426. The zero-order valence-corrected chi connectivity index (χ0v) is 12.1. The van der Waals surface area contributed by atoms with Crippen LogP contribution in [0.2, 0.25) is 0 Å². The Morgan fingerprint density at radius 2 is 1.91 bits per heavy atom. The average molecular weight is 312 g/mol. The molecule has 120 valence electrons. The van der Waals surface area contributed by atoms with Crippen LogP contribution >= 0.6 is 0 Å². The van der Waals surface area contributed by atoms with Gasteiger partial charge in [0.1, 0.15) is 0 Å². The Hall–Kier alpha value is -1.56. The highest BCUT2D eigenvalue weighted by Gasteiger charge is 2.46. The van der Waals surface area contributed by atoms with Gasteiger partial charge in [-0.25, -0.2) is 0 Å². The third kappa shape index (κ3) is 3.11. The molecular weight excluding hydrogens is 293 g/mol. The summed E-state index contributed by atoms with van der Waals surface area (Å²) in [5, 5.41) is 0. The second-order valence-corrected chi connectivity index (χ2v) is 6.26. The molecule has 1 amide bonds. The maximum atomic E-state index is 12.5. The van der Waals surface area contributed by atoms with Gasteiger partial charge in [-0.3, -0.25) is 4.79 Å². The van der Waals surface area contributed by atoms with Gasteiger partial charge in [-0.05, 0) is 42.9 Å². The molecule has 1 aromatic carbocycles. The van der Waals surface area contributed by atoms with Gasteiger partial charge in [-0.1, -0.05) is 12.1 Å². The summed E-state index contributed by atoms with van der Waals surface area (Å²) in [7, 11) is 0. The highest BCUT2D eigenvalue weighted by atomic mass is 19.4. The summed E-state index contributed by atoms with van der Waals surface area (Å²) >= 11 is 0. The Kier molecular flexibility index (Phi) is 3.89. The van der Waals surface area contributed by atoms with E-state index in [0.29, 0.717) is 6.54 Å². The number of likely N-dealkylation sites (tertiary alicyclic amines) is 1. The molecule has 0 bridgehead atoms. The minimum atomic E-state index is -4.32. The van der Waals surface area contributed by atoms with Crippen LogP contribution in [0.4, 0.5) is 13.2 Å². The second-order valence-electron chi connectivity index (χ2n) is 6.26. The van der Waals surface area contributed by atoms with Gasteiger partial charge in [-0.15, -0.1) is 0 Å². The summed E-state index contributed by atoms with van der Waals surface area (Å²) in [5.41, 5.74) is 6.05. The number of nitrogens with two attached hydrogens (primary N) is 1. The van der Waals surface area contributed by atoms with Gasteiger partial charge in [0.2, 0.25) is 5.91 Å². The zero-order chi connectivity index (χ0) is 15.9. The van der Waals surface area contributed by atoms with Crippen molar-refractivity contribution in [2.45, 2.75) is 37.4 Å². The van der Waals surface area contributed by atoms with E-state index >= 15 is 0 Å². The number of hydrogen-bond donors (Lipinski definition) is 1. The van der Waals surface area contributed by atoms with Crippen molar-refractivity contribution in [3.63, 3.8) is 0 Å². The number of alkyl halides is 3. The van der Waals surface area contributed by atoms with E-state index in [-0.39, 0.29) is 23.8 Å². The van der Waals surface area contributed by atoms with Crippen LogP contribution in [0.3, 0.4) is 0 Å². The zero-order valence-electron chi connectivity index (χ0n) is 12.1. The molecule has 0 aromatic heterocycles. The van der Waals surface area contributed by atoms with Crippen molar-refractivity contribution in [2.24, 2.45) is 11.7 Å². The molecular formula is C16H19F3N2O. The molecule has 22 heavy (non-hydrogen) atoms. The predicted molar refractivity (Wildman–Crippen MR) is 76.1 cm³/mol. The van der Waals surface area contributed by atoms with Crippen molar-refractivity contribution in [3.8, 4) is 0 Å². The van der Waals surface area contributed by atoms with Gasteiger partial charge in [0.25, 0.3) is 0 Å². The standard InChI is InChI=1S/C16H19F3N2O/c17-16(18,19)11-5-3-10(4-6-11)13-8-14(13)15(22)21-7-1-2-12(20)9-21/h3-6,12-14H,1-2,7-9,20H2/t12-,13-,14-/m1/s1. The molecule has 3 rings (SSSR count). The molecule has 0 unspecified atom stereocenters. The number of hydrogen-bond acceptors (Lipinski definition) is 2. The molecule has 1 aliphatic carbocycles. The van der Waals surface area contributed by atoms with E-state index in [2.05, 4.69) is 0 Å². The highest BCUT2D eigenvalue weighted by Crippen LogP contribution is 2.49. The molecule has 1 aromatic rings. The van der Waals surface area contributed by atoms with E-state index < -0.39 is 11.7 Å². The van der Waals surface area contributed by atoms with Crippen LogP contribution < -0.4 is 5.73 Å². The SMILES string of the molecule is N[C@@H]1CCCN(C(=O)[C@@H]2C[C@@H]2c2ccc(C(F)(F)F)cc2)C1. The number of amides is 1. The summed E-state index contributed by atoms with van der Waals surface area (Å²) in [6, 6.07) is 5.20. The third-order valence-electron chi connectivity index (χ3n) is 4.54. The van der Waals surface area contributed by atoms with Crippen molar-refractivity contribution in [1.82, 2.24) is 4.90 Å². The lowest BCUT2D eigenvalue weighted by Gasteiger charge is -2.31. The van der Waals surface area contributed by atoms with Crippen LogP contribution in [0.5, 0.6) is 0 Å². The molecule has 1 aliphatic heterocycles. The van der Waals surface area contributed by atoms with E-state index in [9.17, 15) is 18.0 Å². The smallest absolute Gasteiger partial charge is 0.341 e. The maximum Gasteiger partial charge on any atom is 0.416 e. The number of rotatable bonds is 2. The van der Waals surface area contributed by atoms with Gasteiger partial charge in [-0.2, -0.15) is 13.2 Å². The Morgan fingerprint density at radius 3 is 2.50 bits per heavy atom. The lowest BCUT2D eigenvalue weighted by molar-refractivity contribution is -0.137. The molecule has 3 atom stereocenters.